The van der Waals surface area contributed by atoms with Crippen molar-refractivity contribution >= 4 is 28.2 Å². The number of rotatable bonds is 8. The lowest BCUT2D eigenvalue weighted by molar-refractivity contribution is 0.0938. The lowest BCUT2D eigenvalue weighted by Gasteiger charge is -2.37. The highest BCUT2D eigenvalue weighted by atomic mass is 16.5. The summed E-state index contributed by atoms with van der Waals surface area (Å²) >= 11 is 0. The first-order valence-corrected chi connectivity index (χ1v) is 13.0. The van der Waals surface area contributed by atoms with E-state index in [9.17, 15) is 4.79 Å². The van der Waals surface area contributed by atoms with Gasteiger partial charge in [0.15, 0.2) is 0 Å². The SMILES string of the molecule is COc1ccc(N2CCN(c3nccc4ccc(C(=O)N[C@H](C)CCc5ccccc5)cc34)CC2)cc1. The highest BCUT2D eigenvalue weighted by Gasteiger charge is 2.21. The van der Waals surface area contributed by atoms with E-state index in [2.05, 4.69) is 58.4 Å². The summed E-state index contributed by atoms with van der Waals surface area (Å²) < 4.78 is 5.29. The highest BCUT2D eigenvalue weighted by Crippen LogP contribution is 2.28. The Labute approximate surface area is 218 Å². The Morgan fingerprint density at radius 3 is 2.41 bits per heavy atom. The molecule has 3 aromatic carbocycles. The molecule has 0 aliphatic carbocycles. The second-order valence-corrected chi connectivity index (χ2v) is 9.64. The van der Waals surface area contributed by atoms with Crippen LogP contribution in [-0.4, -0.2) is 50.2 Å². The van der Waals surface area contributed by atoms with Crippen molar-refractivity contribution in [2.24, 2.45) is 0 Å². The van der Waals surface area contributed by atoms with Crippen molar-refractivity contribution in [3.8, 4) is 5.75 Å². The van der Waals surface area contributed by atoms with Gasteiger partial charge in [0.1, 0.15) is 11.6 Å². The van der Waals surface area contributed by atoms with E-state index in [1.807, 2.05) is 48.7 Å². The standard InChI is InChI=1S/C31H34N4O2/c1-23(8-9-24-6-4-3-5-7-24)33-31(36)26-11-10-25-16-17-32-30(29(25)22-26)35-20-18-34(19-21-35)27-12-14-28(37-2)15-13-27/h3-7,10-17,22-23H,8-9,18-21H2,1-2H3,(H,33,36)/t23-/m1/s1. The fourth-order valence-corrected chi connectivity index (χ4v) is 4.92. The Morgan fingerprint density at radius 2 is 1.68 bits per heavy atom. The number of benzene rings is 3. The molecule has 5 rings (SSSR count). The monoisotopic (exact) mass is 494 g/mol. The number of anilines is 2. The van der Waals surface area contributed by atoms with E-state index >= 15 is 0 Å². The van der Waals surface area contributed by atoms with Gasteiger partial charge in [0.25, 0.3) is 5.91 Å². The molecule has 1 N–H and O–H groups in total. The second-order valence-electron chi connectivity index (χ2n) is 9.64. The largest absolute Gasteiger partial charge is 0.497 e. The van der Waals surface area contributed by atoms with E-state index in [1.54, 1.807) is 7.11 Å². The molecule has 4 aromatic rings. The van der Waals surface area contributed by atoms with Crippen LogP contribution in [0.25, 0.3) is 10.8 Å². The summed E-state index contributed by atoms with van der Waals surface area (Å²) in [6.45, 7) is 5.61. The molecule has 1 aliphatic heterocycles. The molecule has 6 nitrogen and oxygen atoms in total. The van der Waals surface area contributed by atoms with Crippen molar-refractivity contribution in [1.29, 1.82) is 0 Å². The summed E-state index contributed by atoms with van der Waals surface area (Å²) in [4.78, 5) is 22.5. The van der Waals surface area contributed by atoms with Crippen molar-refractivity contribution in [2.75, 3.05) is 43.1 Å². The first-order chi connectivity index (χ1) is 18.1. The van der Waals surface area contributed by atoms with Crippen molar-refractivity contribution < 1.29 is 9.53 Å². The van der Waals surface area contributed by atoms with Crippen molar-refractivity contribution in [2.45, 2.75) is 25.8 Å². The van der Waals surface area contributed by atoms with Crippen molar-refractivity contribution in [3.63, 3.8) is 0 Å². The number of methoxy groups -OCH3 is 1. The lowest BCUT2D eigenvalue weighted by atomic mass is 10.0. The van der Waals surface area contributed by atoms with E-state index in [1.165, 1.54) is 11.3 Å². The molecule has 0 radical (unpaired) electrons. The smallest absolute Gasteiger partial charge is 0.251 e. The van der Waals surface area contributed by atoms with E-state index in [0.717, 1.165) is 61.4 Å². The number of aryl methyl sites for hydroxylation is 1. The molecule has 0 unspecified atom stereocenters. The van der Waals surface area contributed by atoms with Crippen LogP contribution in [0.3, 0.4) is 0 Å². The number of hydrogen-bond donors (Lipinski definition) is 1. The number of hydrogen-bond acceptors (Lipinski definition) is 5. The van der Waals surface area contributed by atoms with Gasteiger partial charge in [-0.1, -0.05) is 36.4 Å². The Morgan fingerprint density at radius 1 is 0.946 bits per heavy atom. The third kappa shape index (κ3) is 5.85. The molecule has 0 saturated carbocycles. The van der Waals surface area contributed by atoms with Gasteiger partial charge in [-0.25, -0.2) is 4.98 Å². The van der Waals surface area contributed by atoms with Gasteiger partial charge in [-0.05, 0) is 73.2 Å². The molecule has 0 spiro atoms. The van der Waals surface area contributed by atoms with Crippen LogP contribution >= 0.6 is 0 Å². The zero-order chi connectivity index (χ0) is 25.6. The van der Waals surface area contributed by atoms with E-state index < -0.39 is 0 Å². The van der Waals surface area contributed by atoms with E-state index in [4.69, 9.17) is 9.72 Å². The number of piperazine rings is 1. The summed E-state index contributed by atoms with van der Waals surface area (Å²) in [7, 11) is 1.69. The molecule has 1 aromatic heterocycles. The maximum absolute atomic E-state index is 13.1. The van der Waals surface area contributed by atoms with Crippen LogP contribution in [0.1, 0.15) is 29.3 Å². The minimum Gasteiger partial charge on any atom is -0.497 e. The van der Waals surface area contributed by atoms with Gasteiger partial charge in [-0.3, -0.25) is 4.79 Å². The number of nitrogens with zero attached hydrogens (tertiary/aromatic N) is 3. The van der Waals surface area contributed by atoms with Gasteiger partial charge in [0.2, 0.25) is 0 Å². The third-order valence-corrected chi connectivity index (χ3v) is 7.11. The van der Waals surface area contributed by atoms with Gasteiger partial charge in [-0.15, -0.1) is 0 Å². The predicted molar refractivity (Wildman–Crippen MR) is 151 cm³/mol. The fraction of sp³-hybridized carbons (Fsp3) is 0.290. The second kappa shape index (κ2) is 11.3. The van der Waals surface area contributed by atoms with Crippen LogP contribution < -0.4 is 19.9 Å². The summed E-state index contributed by atoms with van der Waals surface area (Å²) in [6, 6.07) is 26.6. The van der Waals surface area contributed by atoms with Gasteiger partial charge in [0, 0.05) is 55.1 Å². The van der Waals surface area contributed by atoms with Crippen LogP contribution in [0.15, 0.2) is 85.1 Å². The van der Waals surface area contributed by atoms with E-state index in [0.29, 0.717) is 5.56 Å². The molecule has 1 amide bonds. The summed E-state index contributed by atoms with van der Waals surface area (Å²) in [6.07, 6.45) is 3.70. The van der Waals surface area contributed by atoms with Gasteiger partial charge in [0.05, 0.1) is 7.11 Å². The maximum atomic E-state index is 13.1. The molecule has 1 atom stereocenters. The van der Waals surface area contributed by atoms with Crippen LogP contribution in [0.2, 0.25) is 0 Å². The normalized spacial score (nSPS) is 14.4. The Hall–Kier alpha value is -4.06. The first kappa shape index (κ1) is 24.6. The maximum Gasteiger partial charge on any atom is 0.251 e. The number of ether oxygens (including phenoxy) is 1. The summed E-state index contributed by atoms with van der Waals surface area (Å²) in [5, 5.41) is 5.29. The van der Waals surface area contributed by atoms with Crippen LogP contribution in [-0.2, 0) is 6.42 Å². The number of amides is 1. The minimum absolute atomic E-state index is 0.0402. The fourth-order valence-electron chi connectivity index (χ4n) is 4.92. The van der Waals surface area contributed by atoms with Crippen LogP contribution in [0, 0.1) is 0 Å². The van der Waals surface area contributed by atoms with Gasteiger partial charge < -0.3 is 19.9 Å². The summed E-state index contributed by atoms with van der Waals surface area (Å²) in [5.41, 5.74) is 3.16. The molecule has 1 fully saturated rings. The molecule has 6 heteroatoms. The number of pyridine rings is 1. The highest BCUT2D eigenvalue weighted by molar-refractivity contribution is 6.01. The topological polar surface area (TPSA) is 57.7 Å². The molecule has 1 aliphatic rings. The average Bonchev–Trinajstić information content (AvgIpc) is 2.96. The van der Waals surface area contributed by atoms with E-state index in [-0.39, 0.29) is 11.9 Å². The Bertz CT molecular complexity index is 1330. The van der Waals surface area contributed by atoms with Crippen LogP contribution in [0.5, 0.6) is 5.75 Å². The zero-order valence-electron chi connectivity index (χ0n) is 21.6. The number of aromatic nitrogens is 1. The lowest BCUT2D eigenvalue weighted by Crippen LogP contribution is -2.46. The van der Waals surface area contributed by atoms with Crippen LogP contribution in [0.4, 0.5) is 11.5 Å². The molecular weight excluding hydrogens is 460 g/mol. The quantitative estimate of drug-likeness (QED) is 0.359. The number of carbonyl (C=O) groups excluding carboxylic acids is 1. The Kier molecular flexibility index (Phi) is 7.54. The number of nitrogens with one attached hydrogen (secondary N) is 1. The zero-order valence-corrected chi connectivity index (χ0v) is 21.6. The molecule has 0 bridgehead atoms. The van der Waals surface area contributed by atoms with Gasteiger partial charge in [-0.2, -0.15) is 0 Å². The van der Waals surface area contributed by atoms with Crippen molar-refractivity contribution in [1.82, 2.24) is 10.3 Å². The van der Waals surface area contributed by atoms with Crippen molar-refractivity contribution in [3.05, 3.63) is 96.2 Å². The Balaban J connectivity index is 1.25. The van der Waals surface area contributed by atoms with Gasteiger partial charge >= 0.3 is 0 Å². The summed E-state index contributed by atoms with van der Waals surface area (Å²) in [5.74, 6) is 1.77. The average molecular weight is 495 g/mol. The molecule has 37 heavy (non-hydrogen) atoms. The number of fused-ring (bicyclic) bond motifs is 1. The molecule has 190 valence electrons. The molecular formula is C31H34N4O2. The number of carbonyl (C=O) groups is 1. The third-order valence-electron chi connectivity index (χ3n) is 7.11. The first-order valence-electron chi connectivity index (χ1n) is 13.0. The minimum atomic E-state index is -0.0402. The molecule has 2 heterocycles. The molecule has 1 saturated heterocycles. The predicted octanol–water partition coefficient (Wildman–Crippen LogP) is 5.32.